The van der Waals surface area contributed by atoms with E-state index >= 15 is 0 Å². The van der Waals surface area contributed by atoms with Crippen molar-refractivity contribution in [3.8, 4) is 0 Å². The minimum Gasteiger partial charge on any atom is -0.369 e. The molecule has 116 valence electrons. The first-order valence-electron chi connectivity index (χ1n) is 8.27. The van der Waals surface area contributed by atoms with Crippen molar-refractivity contribution in [2.45, 2.75) is 63.7 Å². The predicted molar refractivity (Wildman–Crippen MR) is 87.6 cm³/mol. The maximum absolute atomic E-state index is 6.42. The standard InChI is InChI=1S/C18H26ClNO/c1-14-7-9-18(10-8-14,13-20-17-5-6-17)21-12-15-3-2-4-16(19)11-15/h2-4,11,14,17,20H,5-10,12-13H2,1H3. The van der Waals surface area contributed by atoms with Crippen molar-refractivity contribution in [3.05, 3.63) is 34.9 Å². The maximum Gasteiger partial charge on any atom is 0.0811 e. The summed E-state index contributed by atoms with van der Waals surface area (Å²) in [6.45, 7) is 4.03. The lowest BCUT2D eigenvalue weighted by atomic mass is 9.79. The molecule has 0 saturated heterocycles. The van der Waals surface area contributed by atoms with E-state index in [1.165, 1.54) is 44.1 Å². The Balaban J connectivity index is 1.60. The Hall–Kier alpha value is -0.570. The van der Waals surface area contributed by atoms with Crippen molar-refractivity contribution in [2.24, 2.45) is 5.92 Å². The number of rotatable bonds is 6. The second kappa shape index (κ2) is 6.68. The Labute approximate surface area is 133 Å². The fourth-order valence-electron chi connectivity index (χ4n) is 3.14. The molecule has 0 amide bonds. The van der Waals surface area contributed by atoms with E-state index in [0.717, 1.165) is 23.5 Å². The second-order valence-electron chi connectivity index (χ2n) is 6.94. The molecule has 3 rings (SSSR count). The lowest BCUT2D eigenvalue weighted by Crippen LogP contribution is -2.46. The molecule has 1 aromatic carbocycles. The molecule has 1 N–H and O–H groups in total. The van der Waals surface area contributed by atoms with Crippen molar-refractivity contribution in [1.29, 1.82) is 0 Å². The smallest absolute Gasteiger partial charge is 0.0811 e. The van der Waals surface area contributed by atoms with Crippen molar-refractivity contribution in [2.75, 3.05) is 6.54 Å². The summed E-state index contributed by atoms with van der Waals surface area (Å²) >= 11 is 6.06. The van der Waals surface area contributed by atoms with Gasteiger partial charge in [-0.2, -0.15) is 0 Å². The minimum atomic E-state index is 0.0252. The van der Waals surface area contributed by atoms with E-state index in [2.05, 4.69) is 18.3 Å². The van der Waals surface area contributed by atoms with Gasteiger partial charge in [0.2, 0.25) is 0 Å². The van der Waals surface area contributed by atoms with E-state index in [1.807, 2.05) is 18.2 Å². The van der Waals surface area contributed by atoms with Crippen molar-refractivity contribution in [3.63, 3.8) is 0 Å². The number of halogens is 1. The van der Waals surface area contributed by atoms with E-state index in [4.69, 9.17) is 16.3 Å². The van der Waals surface area contributed by atoms with E-state index in [1.54, 1.807) is 0 Å². The summed E-state index contributed by atoms with van der Waals surface area (Å²) < 4.78 is 6.42. The zero-order valence-electron chi connectivity index (χ0n) is 12.9. The van der Waals surface area contributed by atoms with Crippen LogP contribution in [0.5, 0.6) is 0 Å². The Kier molecular flexibility index (Phi) is 4.88. The topological polar surface area (TPSA) is 21.3 Å². The summed E-state index contributed by atoms with van der Waals surface area (Å²) in [5.41, 5.74) is 1.20. The zero-order valence-corrected chi connectivity index (χ0v) is 13.7. The van der Waals surface area contributed by atoms with Gasteiger partial charge in [0, 0.05) is 17.6 Å². The Morgan fingerprint density at radius 1 is 1.24 bits per heavy atom. The van der Waals surface area contributed by atoms with Crippen LogP contribution in [0.3, 0.4) is 0 Å². The molecule has 0 heterocycles. The van der Waals surface area contributed by atoms with Gasteiger partial charge in [-0.25, -0.2) is 0 Å². The molecule has 0 bridgehead atoms. The van der Waals surface area contributed by atoms with Gasteiger partial charge in [-0.05, 0) is 62.1 Å². The molecule has 2 saturated carbocycles. The summed E-state index contributed by atoms with van der Waals surface area (Å²) in [6, 6.07) is 8.77. The number of ether oxygens (including phenoxy) is 1. The molecule has 0 unspecified atom stereocenters. The van der Waals surface area contributed by atoms with Gasteiger partial charge in [0.15, 0.2) is 0 Å². The highest BCUT2D eigenvalue weighted by Gasteiger charge is 2.36. The first-order chi connectivity index (χ1) is 10.2. The highest BCUT2D eigenvalue weighted by Crippen LogP contribution is 2.36. The molecule has 0 aliphatic heterocycles. The van der Waals surface area contributed by atoms with Crippen LogP contribution in [-0.2, 0) is 11.3 Å². The SMILES string of the molecule is CC1CCC(CNC2CC2)(OCc2cccc(Cl)c2)CC1. The summed E-state index contributed by atoms with van der Waals surface area (Å²) in [4.78, 5) is 0. The van der Waals surface area contributed by atoms with Crippen LogP contribution in [0.4, 0.5) is 0 Å². The molecule has 0 aromatic heterocycles. The Morgan fingerprint density at radius 3 is 2.67 bits per heavy atom. The first kappa shape index (κ1) is 15.3. The molecular weight excluding hydrogens is 282 g/mol. The summed E-state index contributed by atoms with van der Waals surface area (Å²) in [5, 5.41) is 4.47. The molecule has 21 heavy (non-hydrogen) atoms. The molecule has 2 fully saturated rings. The number of benzene rings is 1. The molecule has 0 radical (unpaired) electrons. The van der Waals surface area contributed by atoms with Crippen LogP contribution in [0.25, 0.3) is 0 Å². The zero-order chi connectivity index (χ0) is 14.7. The van der Waals surface area contributed by atoms with Crippen LogP contribution in [0.15, 0.2) is 24.3 Å². The van der Waals surface area contributed by atoms with E-state index in [-0.39, 0.29) is 5.60 Å². The van der Waals surface area contributed by atoms with Gasteiger partial charge in [0.05, 0.1) is 12.2 Å². The van der Waals surface area contributed by atoms with Crippen LogP contribution in [0, 0.1) is 5.92 Å². The lowest BCUT2D eigenvalue weighted by Gasteiger charge is -2.39. The van der Waals surface area contributed by atoms with E-state index in [9.17, 15) is 0 Å². The number of nitrogens with one attached hydrogen (secondary N) is 1. The summed E-state index contributed by atoms with van der Waals surface area (Å²) in [5.74, 6) is 0.841. The van der Waals surface area contributed by atoms with Gasteiger partial charge in [-0.1, -0.05) is 30.7 Å². The average Bonchev–Trinajstić information content (AvgIpc) is 3.30. The Morgan fingerprint density at radius 2 is 2.00 bits per heavy atom. The van der Waals surface area contributed by atoms with Crippen LogP contribution >= 0.6 is 11.6 Å². The molecule has 1 aromatic rings. The number of hydrogen-bond acceptors (Lipinski definition) is 2. The van der Waals surface area contributed by atoms with Gasteiger partial charge in [0.1, 0.15) is 0 Å². The third-order valence-corrected chi connectivity index (χ3v) is 5.14. The maximum atomic E-state index is 6.42. The summed E-state index contributed by atoms with van der Waals surface area (Å²) in [7, 11) is 0. The van der Waals surface area contributed by atoms with Gasteiger partial charge < -0.3 is 10.1 Å². The average molecular weight is 308 g/mol. The van der Waals surface area contributed by atoms with Gasteiger partial charge in [0.25, 0.3) is 0 Å². The molecule has 0 spiro atoms. The van der Waals surface area contributed by atoms with E-state index < -0.39 is 0 Å². The van der Waals surface area contributed by atoms with Crippen LogP contribution in [-0.4, -0.2) is 18.2 Å². The molecular formula is C18H26ClNO. The van der Waals surface area contributed by atoms with Crippen molar-refractivity contribution >= 4 is 11.6 Å². The predicted octanol–water partition coefficient (Wildman–Crippen LogP) is 4.56. The van der Waals surface area contributed by atoms with Crippen LogP contribution in [0.1, 0.15) is 51.0 Å². The third-order valence-electron chi connectivity index (χ3n) is 4.91. The highest BCUT2D eigenvalue weighted by atomic mass is 35.5. The fourth-order valence-corrected chi connectivity index (χ4v) is 3.35. The molecule has 2 nitrogen and oxygen atoms in total. The fraction of sp³-hybridized carbons (Fsp3) is 0.667. The molecule has 0 atom stereocenters. The normalized spacial score (nSPS) is 29.5. The molecule has 2 aliphatic carbocycles. The van der Waals surface area contributed by atoms with Crippen LogP contribution in [0.2, 0.25) is 5.02 Å². The van der Waals surface area contributed by atoms with Crippen molar-refractivity contribution < 1.29 is 4.74 Å². The van der Waals surface area contributed by atoms with Gasteiger partial charge in [-0.3, -0.25) is 0 Å². The van der Waals surface area contributed by atoms with Gasteiger partial charge >= 0.3 is 0 Å². The Bertz CT molecular complexity index is 464. The quantitative estimate of drug-likeness (QED) is 0.832. The van der Waals surface area contributed by atoms with Crippen molar-refractivity contribution in [1.82, 2.24) is 5.32 Å². The summed E-state index contributed by atoms with van der Waals surface area (Å²) in [6.07, 6.45) is 7.58. The molecule has 3 heteroatoms. The monoisotopic (exact) mass is 307 g/mol. The highest BCUT2D eigenvalue weighted by molar-refractivity contribution is 6.30. The third kappa shape index (κ3) is 4.45. The largest absolute Gasteiger partial charge is 0.369 e. The second-order valence-corrected chi connectivity index (χ2v) is 7.38. The van der Waals surface area contributed by atoms with Gasteiger partial charge in [-0.15, -0.1) is 0 Å². The first-order valence-corrected chi connectivity index (χ1v) is 8.65. The minimum absolute atomic E-state index is 0.0252. The number of hydrogen-bond donors (Lipinski definition) is 1. The van der Waals surface area contributed by atoms with E-state index in [0.29, 0.717) is 6.61 Å². The molecule has 2 aliphatic rings. The lowest BCUT2D eigenvalue weighted by molar-refractivity contribution is -0.0851. The van der Waals surface area contributed by atoms with Crippen LogP contribution < -0.4 is 5.32 Å².